The van der Waals surface area contributed by atoms with Gasteiger partial charge in [0.05, 0.1) is 19.8 Å². The number of nitrogens with one attached hydrogen (secondary N) is 2. The van der Waals surface area contributed by atoms with Crippen LogP contribution >= 0.6 is 24.0 Å². The highest BCUT2D eigenvalue weighted by Crippen LogP contribution is 2.14. The predicted molar refractivity (Wildman–Crippen MR) is 97.7 cm³/mol. The van der Waals surface area contributed by atoms with Gasteiger partial charge in [-0.3, -0.25) is 9.89 Å². The summed E-state index contributed by atoms with van der Waals surface area (Å²) in [4.78, 5) is 6.71. The first-order chi connectivity index (χ1) is 9.49. The van der Waals surface area contributed by atoms with Crippen molar-refractivity contribution in [2.75, 3.05) is 53.6 Å². The molecular formula is C14H31IN4O2. The molecule has 6 nitrogen and oxygen atoms in total. The molecular weight excluding hydrogens is 383 g/mol. The molecule has 1 unspecified atom stereocenters. The molecule has 0 saturated carbocycles. The van der Waals surface area contributed by atoms with Crippen LogP contribution in [-0.2, 0) is 9.47 Å². The van der Waals surface area contributed by atoms with E-state index in [1.54, 1.807) is 14.2 Å². The summed E-state index contributed by atoms with van der Waals surface area (Å²) in [6, 6.07) is 0.234. The Morgan fingerprint density at radius 3 is 2.52 bits per heavy atom. The monoisotopic (exact) mass is 414 g/mol. The number of guanidine groups is 1. The number of nitrogens with zero attached hydrogens (tertiary/aromatic N) is 2. The molecule has 0 amide bonds. The predicted octanol–water partition coefficient (Wildman–Crippen LogP) is 0.915. The van der Waals surface area contributed by atoms with E-state index in [4.69, 9.17) is 9.47 Å². The summed E-state index contributed by atoms with van der Waals surface area (Å²) in [5.74, 6) is 0.816. The molecule has 21 heavy (non-hydrogen) atoms. The highest BCUT2D eigenvalue weighted by molar-refractivity contribution is 14.0. The van der Waals surface area contributed by atoms with Crippen LogP contribution < -0.4 is 10.6 Å². The van der Waals surface area contributed by atoms with Crippen molar-refractivity contribution in [1.29, 1.82) is 0 Å². The van der Waals surface area contributed by atoms with Gasteiger partial charge in [0.2, 0.25) is 0 Å². The second kappa shape index (κ2) is 10.6. The van der Waals surface area contributed by atoms with Crippen LogP contribution in [0.5, 0.6) is 0 Å². The van der Waals surface area contributed by atoms with Gasteiger partial charge in [0.1, 0.15) is 0 Å². The van der Waals surface area contributed by atoms with Crippen LogP contribution in [0.3, 0.4) is 0 Å². The molecule has 0 bridgehead atoms. The molecule has 1 fully saturated rings. The van der Waals surface area contributed by atoms with Gasteiger partial charge in [0.15, 0.2) is 5.96 Å². The molecule has 1 atom stereocenters. The van der Waals surface area contributed by atoms with Gasteiger partial charge in [0.25, 0.3) is 0 Å². The van der Waals surface area contributed by atoms with Crippen molar-refractivity contribution < 1.29 is 9.47 Å². The third-order valence-electron chi connectivity index (χ3n) is 3.58. The van der Waals surface area contributed by atoms with Crippen LogP contribution in [0, 0.1) is 0 Å². The molecule has 1 rings (SSSR count). The molecule has 1 aliphatic heterocycles. The molecule has 0 spiro atoms. The number of rotatable bonds is 6. The van der Waals surface area contributed by atoms with Crippen molar-refractivity contribution in [3.8, 4) is 0 Å². The largest absolute Gasteiger partial charge is 0.383 e. The SMILES string of the molecule is CN=C(NCC(C)(C)N1CCOCC1)NC(C)COC.I. The fourth-order valence-electron chi connectivity index (χ4n) is 2.30. The number of halogens is 1. The lowest BCUT2D eigenvalue weighted by Gasteiger charge is -2.41. The Labute approximate surface area is 146 Å². The molecule has 0 aromatic heterocycles. The molecule has 0 aromatic rings. The number of hydrogen-bond acceptors (Lipinski definition) is 4. The normalized spacial score (nSPS) is 18.8. The smallest absolute Gasteiger partial charge is 0.191 e. The van der Waals surface area contributed by atoms with Crippen LogP contribution in [0.25, 0.3) is 0 Å². The first-order valence-corrected chi connectivity index (χ1v) is 7.28. The van der Waals surface area contributed by atoms with E-state index in [0.29, 0.717) is 6.61 Å². The topological polar surface area (TPSA) is 58.1 Å². The second-order valence-corrected chi connectivity index (χ2v) is 5.84. The fraction of sp³-hybridized carbons (Fsp3) is 0.929. The van der Waals surface area contributed by atoms with Crippen molar-refractivity contribution in [2.45, 2.75) is 32.4 Å². The highest BCUT2D eigenvalue weighted by Gasteiger charge is 2.28. The third kappa shape index (κ3) is 7.62. The highest BCUT2D eigenvalue weighted by atomic mass is 127. The Bertz CT molecular complexity index is 307. The second-order valence-electron chi connectivity index (χ2n) is 5.84. The van der Waals surface area contributed by atoms with Crippen molar-refractivity contribution in [3.63, 3.8) is 0 Å². The van der Waals surface area contributed by atoms with E-state index in [-0.39, 0.29) is 35.6 Å². The summed E-state index contributed by atoms with van der Waals surface area (Å²) in [6.45, 7) is 11.7. The summed E-state index contributed by atoms with van der Waals surface area (Å²) in [5, 5.41) is 6.71. The van der Waals surface area contributed by atoms with Gasteiger partial charge in [-0.05, 0) is 20.8 Å². The number of aliphatic imine (C=N–C) groups is 1. The van der Waals surface area contributed by atoms with E-state index in [9.17, 15) is 0 Å². The zero-order chi connectivity index (χ0) is 15.0. The maximum atomic E-state index is 5.41. The standard InChI is InChI=1S/C14H30N4O2.HI/c1-12(10-19-5)17-13(15-4)16-11-14(2,3)18-6-8-20-9-7-18;/h12H,6-11H2,1-5H3,(H2,15,16,17);1H. The van der Waals surface area contributed by atoms with Crippen LogP contribution in [0.1, 0.15) is 20.8 Å². The quantitative estimate of drug-likeness (QED) is 0.385. The molecule has 7 heteroatoms. The molecule has 126 valence electrons. The van der Waals surface area contributed by atoms with E-state index in [1.807, 2.05) is 0 Å². The summed E-state index contributed by atoms with van der Waals surface area (Å²) in [6.07, 6.45) is 0. The van der Waals surface area contributed by atoms with Gasteiger partial charge < -0.3 is 20.1 Å². The summed E-state index contributed by atoms with van der Waals surface area (Å²) in [5.41, 5.74) is 0.0753. The van der Waals surface area contributed by atoms with Crippen LogP contribution in [0.2, 0.25) is 0 Å². The molecule has 0 aliphatic carbocycles. The van der Waals surface area contributed by atoms with Crippen LogP contribution in [0.15, 0.2) is 4.99 Å². The average molecular weight is 414 g/mol. The number of methoxy groups -OCH3 is 1. The van der Waals surface area contributed by atoms with Crippen molar-refractivity contribution in [1.82, 2.24) is 15.5 Å². The van der Waals surface area contributed by atoms with E-state index >= 15 is 0 Å². The lowest BCUT2D eigenvalue weighted by Crippen LogP contribution is -2.57. The molecule has 0 radical (unpaired) electrons. The number of ether oxygens (including phenoxy) is 2. The van der Waals surface area contributed by atoms with Gasteiger partial charge in [-0.25, -0.2) is 0 Å². The summed E-state index contributed by atoms with van der Waals surface area (Å²) < 4.78 is 10.5. The van der Waals surface area contributed by atoms with Crippen LogP contribution in [-0.4, -0.2) is 76.1 Å². The van der Waals surface area contributed by atoms with E-state index in [2.05, 4.69) is 41.3 Å². The van der Waals surface area contributed by atoms with E-state index in [1.165, 1.54) is 0 Å². The Kier molecular flexibility index (Phi) is 10.5. The minimum atomic E-state index is 0. The minimum Gasteiger partial charge on any atom is -0.383 e. The van der Waals surface area contributed by atoms with Crippen LogP contribution in [0.4, 0.5) is 0 Å². The van der Waals surface area contributed by atoms with Gasteiger partial charge in [-0.1, -0.05) is 0 Å². The Hall–Kier alpha value is -0.120. The molecule has 1 heterocycles. The summed E-state index contributed by atoms with van der Waals surface area (Å²) >= 11 is 0. The van der Waals surface area contributed by atoms with Gasteiger partial charge in [-0.2, -0.15) is 0 Å². The van der Waals surface area contributed by atoms with Crippen molar-refractivity contribution in [3.05, 3.63) is 0 Å². The number of morpholine rings is 1. The molecule has 1 saturated heterocycles. The molecule has 1 aliphatic rings. The summed E-state index contributed by atoms with van der Waals surface area (Å²) in [7, 11) is 3.49. The van der Waals surface area contributed by atoms with Gasteiger partial charge in [0, 0.05) is 45.4 Å². The minimum absolute atomic E-state index is 0. The Morgan fingerprint density at radius 1 is 1.38 bits per heavy atom. The van der Waals surface area contributed by atoms with Crippen molar-refractivity contribution >= 4 is 29.9 Å². The van der Waals surface area contributed by atoms with Gasteiger partial charge in [-0.15, -0.1) is 24.0 Å². The van der Waals surface area contributed by atoms with Gasteiger partial charge >= 0.3 is 0 Å². The molecule has 0 aromatic carbocycles. The zero-order valence-electron chi connectivity index (χ0n) is 13.9. The number of hydrogen-bond donors (Lipinski definition) is 2. The molecule has 2 N–H and O–H groups in total. The van der Waals surface area contributed by atoms with E-state index in [0.717, 1.165) is 38.8 Å². The first-order valence-electron chi connectivity index (χ1n) is 7.28. The Morgan fingerprint density at radius 2 is 2.00 bits per heavy atom. The van der Waals surface area contributed by atoms with Crippen molar-refractivity contribution in [2.24, 2.45) is 4.99 Å². The lowest BCUT2D eigenvalue weighted by molar-refractivity contribution is -0.00835. The Balaban J connectivity index is 0.00000400. The third-order valence-corrected chi connectivity index (χ3v) is 3.58. The maximum absolute atomic E-state index is 5.41. The fourth-order valence-corrected chi connectivity index (χ4v) is 2.30. The van der Waals surface area contributed by atoms with E-state index < -0.39 is 0 Å². The average Bonchev–Trinajstić information content (AvgIpc) is 2.44. The lowest BCUT2D eigenvalue weighted by atomic mass is 10.0. The first kappa shape index (κ1) is 20.9. The zero-order valence-corrected chi connectivity index (χ0v) is 16.3. The maximum Gasteiger partial charge on any atom is 0.191 e.